The normalized spacial score (nSPS) is 25.1. The first-order valence-corrected chi connectivity index (χ1v) is 6.89. The summed E-state index contributed by atoms with van der Waals surface area (Å²) in [6, 6.07) is 0.129. The van der Waals surface area contributed by atoms with Gasteiger partial charge >= 0.3 is 5.97 Å². The quantitative estimate of drug-likeness (QED) is 0.808. The first-order valence-electron chi connectivity index (χ1n) is 6.89. The molecule has 5 nitrogen and oxygen atoms in total. The Kier molecular flexibility index (Phi) is 5.35. The Morgan fingerprint density at radius 2 is 1.95 bits per heavy atom. The van der Waals surface area contributed by atoms with Crippen LogP contribution in [0.2, 0.25) is 0 Å². The molecule has 2 unspecified atom stereocenters. The maximum atomic E-state index is 12.0. The second-order valence-electron chi connectivity index (χ2n) is 6.68. The zero-order valence-electron chi connectivity index (χ0n) is 12.4. The largest absolute Gasteiger partial charge is 0.481 e. The highest BCUT2D eigenvalue weighted by Crippen LogP contribution is 2.22. The molecule has 1 heterocycles. The molecule has 1 fully saturated rings. The van der Waals surface area contributed by atoms with Crippen LogP contribution >= 0.6 is 0 Å². The number of carboxylic acid groups (broad SMARTS) is 1. The molecule has 1 saturated heterocycles. The van der Waals surface area contributed by atoms with Gasteiger partial charge in [0.1, 0.15) is 0 Å². The van der Waals surface area contributed by atoms with E-state index in [1.165, 1.54) is 0 Å². The van der Waals surface area contributed by atoms with Gasteiger partial charge in [-0.25, -0.2) is 0 Å². The molecular weight excluding hydrogens is 244 g/mol. The van der Waals surface area contributed by atoms with Crippen molar-refractivity contribution in [1.29, 1.82) is 0 Å². The van der Waals surface area contributed by atoms with E-state index in [0.717, 1.165) is 19.5 Å². The average molecular weight is 270 g/mol. The van der Waals surface area contributed by atoms with Crippen molar-refractivity contribution in [3.63, 3.8) is 0 Å². The van der Waals surface area contributed by atoms with E-state index in [9.17, 15) is 9.59 Å². The summed E-state index contributed by atoms with van der Waals surface area (Å²) >= 11 is 0. The molecule has 0 aliphatic carbocycles. The second kappa shape index (κ2) is 6.37. The second-order valence-corrected chi connectivity index (χ2v) is 6.68. The molecule has 5 heteroatoms. The van der Waals surface area contributed by atoms with Crippen molar-refractivity contribution in [2.24, 2.45) is 11.3 Å². The number of carboxylic acids is 1. The molecule has 0 aromatic carbocycles. The average Bonchev–Trinajstić information content (AvgIpc) is 2.24. The van der Waals surface area contributed by atoms with E-state index in [1.807, 2.05) is 27.8 Å². The number of nitrogens with zero attached hydrogens (tertiary/aromatic N) is 1. The standard InChI is InChI=1S/C14H26N2O3/c1-14(2,3)13(19)15-11-7-10(5-6-12(17)18)8-16(4)9-11/h10-11H,5-9H2,1-4H3,(H,15,19)(H,17,18). The van der Waals surface area contributed by atoms with Crippen molar-refractivity contribution in [1.82, 2.24) is 10.2 Å². The van der Waals surface area contributed by atoms with Crippen LogP contribution in [0, 0.1) is 11.3 Å². The van der Waals surface area contributed by atoms with Gasteiger partial charge in [-0.05, 0) is 25.8 Å². The highest BCUT2D eigenvalue weighted by Gasteiger charge is 2.29. The Morgan fingerprint density at radius 3 is 2.47 bits per heavy atom. The van der Waals surface area contributed by atoms with Crippen LogP contribution in [0.5, 0.6) is 0 Å². The number of piperidine rings is 1. The first-order chi connectivity index (χ1) is 8.68. The van der Waals surface area contributed by atoms with Crippen molar-refractivity contribution in [3.05, 3.63) is 0 Å². The highest BCUT2D eigenvalue weighted by atomic mass is 16.4. The van der Waals surface area contributed by atoms with E-state index in [4.69, 9.17) is 5.11 Å². The number of hydrogen-bond donors (Lipinski definition) is 2. The molecular formula is C14H26N2O3. The van der Waals surface area contributed by atoms with Crippen LogP contribution in [0.15, 0.2) is 0 Å². The SMILES string of the molecule is CN1CC(CCC(=O)O)CC(NC(=O)C(C)(C)C)C1. The van der Waals surface area contributed by atoms with Crippen LogP contribution in [0.25, 0.3) is 0 Å². The molecule has 0 aromatic rings. The van der Waals surface area contributed by atoms with Gasteiger partial charge in [0, 0.05) is 31.0 Å². The summed E-state index contributed by atoms with van der Waals surface area (Å²) in [6.07, 6.45) is 1.76. The lowest BCUT2D eigenvalue weighted by Crippen LogP contribution is -2.51. The summed E-state index contributed by atoms with van der Waals surface area (Å²) in [7, 11) is 2.02. The Balaban J connectivity index is 2.50. The van der Waals surface area contributed by atoms with Gasteiger partial charge in [0.05, 0.1) is 0 Å². The van der Waals surface area contributed by atoms with E-state index >= 15 is 0 Å². The molecule has 1 aliphatic heterocycles. The van der Waals surface area contributed by atoms with Gasteiger partial charge < -0.3 is 15.3 Å². The lowest BCUT2D eigenvalue weighted by Gasteiger charge is -2.37. The zero-order chi connectivity index (χ0) is 14.6. The van der Waals surface area contributed by atoms with Crippen molar-refractivity contribution in [2.75, 3.05) is 20.1 Å². The van der Waals surface area contributed by atoms with E-state index < -0.39 is 5.97 Å². The van der Waals surface area contributed by atoms with Crippen LogP contribution in [-0.4, -0.2) is 48.1 Å². The lowest BCUT2D eigenvalue weighted by molar-refractivity contribution is -0.137. The van der Waals surface area contributed by atoms with Gasteiger partial charge in [-0.3, -0.25) is 9.59 Å². The van der Waals surface area contributed by atoms with Gasteiger partial charge in [-0.15, -0.1) is 0 Å². The summed E-state index contributed by atoms with van der Waals surface area (Å²) < 4.78 is 0. The molecule has 19 heavy (non-hydrogen) atoms. The monoisotopic (exact) mass is 270 g/mol. The van der Waals surface area contributed by atoms with Crippen molar-refractivity contribution in [2.45, 2.75) is 46.1 Å². The predicted octanol–water partition coefficient (Wildman–Crippen LogP) is 1.33. The molecule has 110 valence electrons. The number of amides is 1. The Labute approximate surface area is 115 Å². The van der Waals surface area contributed by atoms with Crippen molar-refractivity contribution < 1.29 is 14.7 Å². The zero-order valence-corrected chi connectivity index (χ0v) is 12.4. The van der Waals surface area contributed by atoms with E-state index in [-0.39, 0.29) is 23.8 Å². The number of carbonyl (C=O) groups is 2. The van der Waals surface area contributed by atoms with Gasteiger partial charge in [-0.2, -0.15) is 0 Å². The lowest BCUT2D eigenvalue weighted by atomic mass is 9.89. The van der Waals surface area contributed by atoms with Gasteiger partial charge in [0.15, 0.2) is 0 Å². The molecule has 1 amide bonds. The van der Waals surface area contributed by atoms with Crippen molar-refractivity contribution in [3.8, 4) is 0 Å². The number of carbonyl (C=O) groups excluding carboxylic acids is 1. The minimum Gasteiger partial charge on any atom is -0.481 e. The highest BCUT2D eigenvalue weighted by molar-refractivity contribution is 5.81. The summed E-state index contributed by atoms with van der Waals surface area (Å²) in [5, 5.41) is 11.8. The maximum Gasteiger partial charge on any atom is 0.303 e. The number of nitrogens with one attached hydrogen (secondary N) is 1. The topological polar surface area (TPSA) is 69.6 Å². The summed E-state index contributed by atoms with van der Waals surface area (Å²) in [4.78, 5) is 24.8. The molecule has 1 aliphatic rings. The molecule has 0 spiro atoms. The summed E-state index contributed by atoms with van der Waals surface area (Å²) in [6.45, 7) is 7.45. The van der Waals surface area contributed by atoms with Crippen LogP contribution in [0.1, 0.15) is 40.0 Å². The molecule has 0 aromatic heterocycles. The van der Waals surface area contributed by atoms with Crippen LogP contribution in [0.4, 0.5) is 0 Å². The molecule has 2 N–H and O–H groups in total. The van der Waals surface area contributed by atoms with Crippen LogP contribution in [0.3, 0.4) is 0 Å². The smallest absolute Gasteiger partial charge is 0.303 e. The number of rotatable bonds is 4. The molecule has 1 rings (SSSR count). The fraction of sp³-hybridized carbons (Fsp3) is 0.857. The first kappa shape index (κ1) is 16.0. The minimum atomic E-state index is -0.747. The molecule has 0 bridgehead atoms. The fourth-order valence-corrected chi connectivity index (χ4v) is 2.49. The van der Waals surface area contributed by atoms with Gasteiger partial charge in [0.2, 0.25) is 5.91 Å². The fourth-order valence-electron chi connectivity index (χ4n) is 2.49. The Hall–Kier alpha value is -1.10. The molecule has 0 saturated carbocycles. The molecule has 0 radical (unpaired) electrons. The Bertz CT molecular complexity index is 336. The van der Waals surface area contributed by atoms with E-state index in [2.05, 4.69) is 10.2 Å². The predicted molar refractivity (Wildman–Crippen MR) is 73.9 cm³/mol. The third-order valence-corrected chi connectivity index (χ3v) is 3.50. The number of likely N-dealkylation sites (N-methyl/N-ethyl adjacent to an activating group) is 1. The van der Waals surface area contributed by atoms with Gasteiger partial charge in [0.25, 0.3) is 0 Å². The third kappa shape index (κ3) is 5.59. The van der Waals surface area contributed by atoms with E-state index in [1.54, 1.807) is 0 Å². The summed E-state index contributed by atoms with van der Waals surface area (Å²) in [5.41, 5.74) is -0.382. The minimum absolute atomic E-state index is 0.0600. The van der Waals surface area contributed by atoms with E-state index in [0.29, 0.717) is 12.3 Å². The van der Waals surface area contributed by atoms with Crippen molar-refractivity contribution >= 4 is 11.9 Å². The number of likely N-dealkylation sites (tertiary alicyclic amines) is 1. The van der Waals surface area contributed by atoms with Crippen LogP contribution < -0.4 is 5.32 Å². The maximum absolute atomic E-state index is 12.0. The van der Waals surface area contributed by atoms with Gasteiger partial charge in [-0.1, -0.05) is 20.8 Å². The Morgan fingerprint density at radius 1 is 1.32 bits per heavy atom. The van der Waals surface area contributed by atoms with Crippen LogP contribution in [-0.2, 0) is 9.59 Å². The molecule has 2 atom stereocenters. The third-order valence-electron chi connectivity index (χ3n) is 3.50. The number of hydrogen-bond acceptors (Lipinski definition) is 3. The number of aliphatic carboxylic acids is 1. The summed E-state index contributed by atoms with van der Waals surface area (Å²) in [5.74, 6) is -0.339.